The van der Waals surface area contributed by atoms with Gasteiger partial charge in [0.05, 0.1) is 6.61 Å². The first-order valence-corrected chi connectivity index (χ1v) is 13.2. The molecule has 1 aliphatic heterocycles. The SMILES string of the molecule is C[C@@H](F)[C@@]1(O)[C@H](O)[C@@](CF)(COP(=O)(O)OP(=O)(O)OP(=O)(O)O)O[C@H]1n1ccc(N)nc1=O. The molecule has 0 aromatic carbocycles. The molecule has 0 bridgehead atoms. The smallest absolute Gasteiger partial charge is 0.387 e. The summed E-state index contributed by atoms with van der Waals surface area (Å²) in [5.41, 5.74) is -1.84. The Morgan fingerprint density at radius 1 is 1.26 bits per heavy atom. The lowest BCUT2D eigenvalue weighted by molar-refractivity contribution is -0.150. The van der Waals surface area contributed by atoms with E-state index in [4.69, 9.17) is 25.2 Å². The molecule has 22 heteroatoms. The van der Waals surface area contributed by atoms with Gasteiger partial charge in [-0.15, -0.1) is 0 Å². The van der Waals surface area contributed by atoms with Gasteiger partial charge < -0.3 is 40.3 Å². The Kier molecular flexibility index (Phi) is 8.30. The molecule has 2 unspecified atom stereocenters. The lowest BCUT2D eigenvalue weighted by Crippen LogP contribution is -2.58. The number of rotatable bonds is 10. The van der Waals surface area contributed by atoms with Crippen LogP contribution in [0.4, 0.5) is 14.6 Å². The molecule has 1 fully saturated rings. The number of alkyl halides is 2. The van der Waals surface area contributed by atoms with Gasteiger partial charge in [0.1, 0.15) is 24.8 Å². The number of anilines is 1. The van der Waals surface area contributed by atoms with Crippen molar-refractivity contribution in [2.75, 3.05) is 19.0 Å². The second kappa shape index (κ2) is 9.71. The predicted molar refractivity (Wildman–Crippen MR) is 103 cm³/mol. The largest absolute Gasteiger partial charge is 0.490 e. The van der Waals surface area contributed by atoms with Crippen LogP contribution in [0.1, 0.15) is 13.2 Å². The minimum absolute atomic E-state index is 0.291. The molecule has 8 N–H and O–H groups in total. The number of ether oxygens (including phenoxy) is 1. The number of phosphoric acid groups is 3. The molecule has 1 saturated heterocycles. The molecular weight excluding hydrogens is 541 g/mol. The Balaban J connectivity index is 2.38. The fourth-order valence-electron chi connectivity index (χ4n) is 2.99. The number of halogens is 2. The summed E-state index contributed by atoms with van der Waals surface area (Å²) in [6.07, 6.45) is -6.36. The lowest BCUT2D eigenvalue weighted by atomic mass is 9.84. The van der Waals surface area contributed by atoms with Crippen LogP contribution in [-0.2, 0) is 31.6 Å². The van der Waals surface area contributed by atoms with Gasteiger partial charge in [0.15, 0.2) is 17.4 Å². The van der Waals surface area contributed by atoms with E-state index in [9.17, 15) is 42.4 Å². The Labute approximate surface area is 188 Å². The van der Waals surface area contributed by atoms with Gasteiger partial charge in [0, 0.05) is 6.20 Å². The molecule has 0 amide bonds. The van der Waals surface area contributed by atoms with E-state index in [1.54, 1.807) is 0 Å². The summed E-state index contributed by atoms with van der Waals surface area (Å²) < 4.78 is 79.3. The molecule has 2 heterocycles. The van der Waals surface area contributed by atoms with E-state index >= 15 is 0 Å². The number of nitrogens with two attached hydrogens (primary N) is 1. The fraction of sp³-hybridized carbons (Fsp3) is 0.667. The molecule has 0 spiro atoms. The Hall–Kier alpha value is -1.17. The molecule has 0 aliphatic carbocycles. The van der Waals surface area contributed by atoms with Crippen LogP contribution < -0.4 is 11.4 Å². The Bertz CT molecular complexity index is 1110. The topological polar surface area (TPSA) is 270 Å². The standard InChI is InChI=1S/C12H20F2N3O14P3/c1-6(14)12(20)8(18)11(4-13,29-9(12)17-3-2-7(15)16-10(17)19)5-28-33(24,25)31-34(26,27)30-32(21,22)23/h2-3,6,8-9,18,20H,4-5H2,1H3,(H,24,25)(H,26,27)(H2,15,16,19)(H2,21,22,23)/t6-,8-,9-,11-,12-/m1/s1. The van der Waals surface area contributed by atoms with Crippen LogP contribution in [0.2, 0.25) is 0 Å². The normalized spacial score (nSPS) is 32.1. The van der Waals surface area contributed by atoms with Gasteiger partial charge in [-0.05, 0) is 13.0 Å². The Morgan fingerprint density at radius 3 is 2.32 bits per heavy atom. The third-order valence-electron chi connectivity index (χ3n) is 4.53. The van der Waals surface area contributed by atoms with Crippen molar-refractivity contribution in [3.8, 4) is 0 Å². The van der Waals surface area contributed by atoms with Crippen LogP contribution in [0.25, 0.3) is 0 Å². The average Bonchev–Trinajstić information content (AvgIpc) is 2.87. The third kappa shape index (κ3) is 6.14. The first-order valence-electron chi connectivity index (χ1n) is 8.70. The highest BCUT2D eigenvalue weighted by Gasteiger charge is 2.67. The summed E-state index contributed by atoms with van der Waals surface area (Å²) in [4.78, 5) is 51.2. The highest BCUT2D eigenvalue weighted by molar-refractivity contribution is 7.66. The van der Waals surface area contributed by atoms with Crippen LogP contribution >= 0.6 is 23.5 Å². The van der Waals surface area contributed by atoms with Gasteiger partial charge in [-0.2, -0.15) is 13.6 Å². The lowest BCUT2D eigenvalue weighted by Gasteiger charge is -2.34. The van der Waals surface area contributed by atoms with Crippen molar-refractivity contribution in [3.05, 3.63) is 22.7 Å². The summed E-state index contributed by atoms with van der Waals surface area (Å²) in [5, 5.41) is 21.4. The van der Waals surface area contributed by atoms with Crippen molar-refractivity contribution >= 4 is 29.3 Å². The van der Waals surface area contributed by atoms with Gasteiger partial charge in [0.2, 0.25) is 0 Å². The van der Waals surface area contributed by atoms with E-state index in [0.29, 0.717) is 11.5 Å². The monoisotopic (exact) mass is 561 g/mol. The zero-order valence-electron chi connectivity index (χ0n) is 16.8. The van der Waals surface area contributed by atoms with E-state index in [-0.39, 0.29) is 5.82 Å². The van der Waals surface area contributed by atoms with E-state index in [2.05, 4.69) is 18.1 Å². The number of nitrogen functional groups attached to an aromatic ring is 1. The van der Waals surface area contributed by atoms with Gasteiger partial charge in [-0.3, -0.25) is 9.09 Å². The quantitative estimate of drug-likeness (QED) is 0.166. The maximum absolute atomic E-state index is 14.4. The van der Waals surface area contributed by atoms with Gasteiger partial charge in [0.25, 0.3) is 0 Å². The van der Waals surface area contributed by atoms with Gasteiger partial charge >= 0.3 is 29.2 Å². The Morgan fingerprint density at radius 2 is 1.85 bits per heavy atom. The van der Waals surface area contributed by atoms with Crippen molar-refractivity contribution in [1.82, 2.24) is 9.55 Å². The highest BCUT2D eigenvalue weighted by atomic mass is 31.3. The van der Waals surface area contributed by atoms with Crippen molar-refractivity contribution in [2.45, 2.75) is 36.6 Å². The summed E-state index contributed by atoms with van der Waals surface area (Å²) in [7, 11) is -17.4. The zero-order valence-corrected chi connectivity index (χ0v) is 19.5. The predicted octanol–water partition coefficient (Wildman–Crippen LogP) is -1.14. The number of aromatic nitrogens is 2. The molecular formula is C12H20F2N3O14P3. The number of hydrogen-bond donors (Lipinski definition) is 7. The molecule has 17 nitrogen and oxygen atoms in total. The minimum Gasteiger partial charge on any atom is -0.387 e. The van der Waals surface area contributed by atoms with Crippen LogP contribution in [0.5, 0.6) is 0 Å². The third-order valence-corrected chi connectivity index (χ3v) is 8.32. The van der Waals surface area contributed by atoms with Crippen LogP contribution in [0.15, 0.2) is 17.1 Å². The number of phosphoric ester groups is 1. The number of nitrogens with zero attached hydrogens (tertiary/aromatic N) is 2. The van der Waals surface area contributed by atoms with Crippen LogP contribution in [0, 0.1) is 0 Å². The maximum Gasteiger partial charge on any atom is 0.490 e. The van der Waals surface area contributed by atoms with E-state index < -0.39 is 72.1 Å². The number of aliphatic hydroxyl groups excluding tert-OH is 1. The van der Waals surface area contributed by atoms with E-state index in [0.717, 1.165) is 12.3 Å². The maximum atomic E-state index is 14.4. The van der Waals surface area contributed by atoms with Crippen LogP contribution in [0.3, 0.4) is 0 Å². The molecule has 1 aliphatic rings. The summed E-state index contributed by atoms with van der Waals surface area (Å²) in [6, 6.07) is 1.02. The fourth-order valence-corrected chi connectivity index (χ4v) is 6.06. The summed E-state index contributed by atoms with van der Waals surface area (Å²) in [5.74, 6) is -0.291. The second-order valence-corrected chi connectivity index (χ2v) is 11.4. The van der Waals surface area contributed by atoms with Gasteiger partial charge in [-0.1, -0.05) is 0 Å². The molecule has 34 heavy (non-hydrogen) atoms. The van der Waals surface area contributed by atoms with Crippen molar-refractivity contribution < 1.29 is 70.1 Å². The first-order chi connectivity index (χ1) is 15.3. The first kappa shape index (κ1) is 29.1. The summed E-state index contributed by atoms with van der Waals surface area (Å²) >= 11 is 0. The number of aliphatic hydroxyl groups is 2. The molecule has 7 atom stereocenters. The molecule has 2 rings (SSSR count). The van der Waals surface area contributed by atoms with Crippen molar-refractivity contribution in [3.63, 3.8) is 0 Å². The second-order valence-electron chi connectivity index (χ2n) is 6.98. The van der Waals surface area contributed by atoms with E-state index in [1.807, 2.05) is 0 Å². The van der Waals surface area contributed by atoms with Gasteiger partial charge in [-0.25, -0.2) is 27.3 Å². The van der Waals surface area contributed by atoms with Crippen molar-refractivity contribution in [1.29, 1.82) is 0 Å². The zero-order chi connectivity index (χ0) is 26.3. The molecule has 1 aromatic heterocycles. The highest BCUT2D eigenvalue weighted by Crippen LogP contribution is 2.66. The molecule has 196 valence electrons. The van der Waals surface area contributed by atoms with Crippen molar-refractivity contribution in [2.24, 2.45) is 0 Å². The average molecular weight is 561 g/mol. The number of hydrogen-bond acceptors (Lipinski definition) is 12. The minimum atomic E-state index is -5.93. The van der Waals surface area contributed by atoms with E-state index in [1.165, 1.54) is 0 Å². The summed E-state index contributed by atoms with van der Waals surface area (Å²) in [6.45, 7) is -2.73. The van der Waals surface area contributed by atoms with Crippen LogP contribution in [-0.4, -0.2) is 76.1 Å². The molecule has 0 radical (unpaired) electrons. The molecule has 0 saturated carbocycles. The molecule has 1 aromatic rings.